The summed E-state index contributed by atoms with van der Waals surface area (Å²) in [6, 6.07) is 10.9. The first-order chi connectivity index (χ1) is 17.0. The summed E-state index contributed by atoms with van der Waals surface area (Å²) in [5, 5.41) is 15.6. The molecule has 180 valence electrons. The van der Waals surface area contributed by atoms with Crippen LogP contribution in [0.15, 0.2) is 64.7 Å². The Kier molecular flexibility index (Phi) is 7.21. The Labute approximate surface area is 207 Å². The van der Waals surface area contributed by atoms with E-state index in [-0.39, 0.29) is 11.4 Å². The Morgan fingerprint density at radius 2 is 1.74 bits per heavy atom. The van der Waals surface area contributed by atoms with Gasteiger partial charge in [-0.25, -0.2) is 0 Å². The van der Waals surface area contributed by atoms with E-state index in [1.54, 1.807) is 44.6 Å². The van der Waals surface area contributed by atoms with E-state index in [0.717, 1.165) is 5.56 Å². The topological polar surface area (TPSA) is 106 Å². The molecule has 4 rings (SSSR count). The number of hydrazone groups is 1. The molecule has 0 fully saturated rings. The third kappa shape index (κ3) is 5.07. The predicted octanol–water partition coefficient (Wildman–Crippen LogP) is 4.14. The van der Waals surface area contributed by atoms with Crippen molar-refractivity contribution in [2.75, 3.05) is 27.9 Å². The minimum absolute atomic E-state index is 0.0410. The minimum Gasteiger partial charge on any atom is -0.493 e. The molecule has 0 radical (unpaired) electrons. The highest BCUT2D eigenvalue weighted by Gasteiger charge is 2.35. The van der Waals surface area contributed by atoms with E-state index in [1.165, 1.54) is 23.9 Å². The largest absolute Gasteiger partial charge is 0.493 e. The zero-order chi connectivity index (χ0) is 24.9. The van der Waals surface area contributed by atoms with Crippen LogP contribution in [0.25, 0.3) is 6.08 Å². The summed E-state index contributed by atoms with van der Waals surface area (Å²) < 4.78 is 21.6. The fourth-order valence-corrected chi connectivity index (χ4v) is 4.40. The van der Waals surface area contributed by atoms with Crippen LogP contribution < -0.4 is 18.9 Å². The number of amidine groups is 2. The molecule has 0 saturated carbocycles. The summed E-state index contributed by atoms with van der Waals surface area (Å²) in [5.41, 5.74) is 1.75. The van der Waals surface area contributed by atoms with Gasteiger partial charge in [0.25, 0.3) is 5.91 Å². The molecule has 1 amide bonds. The normalized spacial score (nSPS) is 16.0. The van der Waals surface area contributed by atoms with Gasteiger partial charge < -0.3 is 18.9 Å². The van der Waals surface area contributed by atoms with Crippen LogP contribution in [0.2, 0.25) is 0 Å². The highest BCUT2D eigenvalue weighted by Crippen LogP contribution is 2.33. The molecule has 0 bridgehead atoms. The highest BCUT2D eigenvalue weighted by molar-refractivity contribution is 8.26. The fourth-order valence-electron chi connectivity index (χ4n) is 3.48. The van der Waals surface area contributed by atoms with Crippen LogP contribution in [0.3, 0.4) is 0 Å². The number of fused-ring (bicyclic) bond motifs is 1. The van der Waals surface area contributed by atoms with E-state index in [2.05, 4.69) is 16.7 Å². The number of nitrogens with one attached hydrogen (secondary N) is 1. The van der Waals surface area contributed by atoms with Gasteiger partial charge in [0.05, 0.1) is 26.9 Å². The molecule has 10 heteroatoms. The van der Waals surface area contributed by atoms with Crippen LogP contribution in [0.4, 0.5) is 0 Å². The molecular formula is C25H24N4O5S. The van der Waals surface area contributed by atoms with Crippen LogP contribution in [-0.2, 0) is 11.2 Å². The van der Waals surface area contributed by atoms with Gasteiger partial charge in [0.2, 0.25) is 5.17 Å². The van der Waals surface area contributed by atoms with Gasteiger partial charge in [-0.3, -0.25) is 10.2 Å². The molecular weight excluding hydrogens is 468 g/mol. The number of hydrogen-bond donors (Lipinski definition) is 1. The lowest BCUT2D eigenvalue weighted by molar-refractivity contribution is -0.114. The molecule has 2 aromatic rings. The highest BCUT2D eigenvalue weighted by atomic mass is 32.2. The van der Waals surface area contributed by atoms with Gasteiger partial charge in [0.15, 0.2) is 28.8 Å². The van der Waals surface area contributed by atoms with Crippen molar-refractivity contribution >= 4 is 39.8 Å². The summed E-state index contributed by atoms with van der Waals surface area (Å²) in [6.45, 7) is 3.98. The number of thioether (sulfide) groups is 1. The molecule has 0 spiro atoms. The maximum absolute atomic E-state index is 12.7. The van der Waals surface area contributed by atoms with Gasteiger partial charge in [0, 0.05) is 6.42 Å². The van der Waals surface area contributed by atoms with Crippen molar-refractivity contribution in [2.45, 2.75) is 6.42 Å². The van der Waals surface area contributed by atoms with E-state index in [1.807, 2.05) is 18.2 Å². The van der Waals surface area contributed by atoms with Gasteiger partial charge in [0.1, 0.15) is 11.7 Å². The molecule has 0 atom stereocenters. The molecule has 2 heterocycles. The number of hydrogen-bond acceptors (Lipinski definition) is 8. The molecule has 0 saturated heterocycles. The van der Waals surface area contributed by atoms with Gasteiger partial charge in [-0.05, 0) is 53.2 Å². The Bertz CT molecular complexity index is 1280. The van der Waals surface area contributed by atoms with Crippen molar-refractivity contribution in [2.24, 2.45) is 10.1 Å². The van der Waals surface area contributed by atoms with Gasteiger partial charge in [-0.2, -0.15) is 15.1 Å². The second kappa shape index (κ2) is 10.5. The predicted molar refractivity (Wildman–Crippen MR) is 137 cm³/mol. The quantitative estimate of drug-likeness (QED) is 0.414. The van der Waals surface area contributed by atoms with Gasteiger partial charge in [-0.1, -0.05) is 24.8 Å². The van der Waals surface area contributed by atoms with E-state index >= 15 is 0 Å². The third-order valence-corrected chi connectivity index (χ3v) is 6.06. The van der Waals surface area contributed by atoms with Crippen LogP contribution in [-0.4, -0.2) is 54.9 Å². The van der Waals surface area contributed by atoms with Crippen LogP contribution in [0, 0.1) is 5.41 Å². The SMILES string of the molecule is C=CCOc1ccc(/C=C2\C(=N)N3N=C(Cc4ccc(OC)c(OC)c4)SC3=NC2=O)cc1OC. The zero-order valence-corrected chi connectivity index (χ0v) is 20.3. The Balaban J connectivity index is 1.56. The summed E-state index contributed by atoms with van der Waals surface area (Å²) in [4.78, 5) is 16.9. The molecule has 1 N–H and O–H groups in total. The first kappa shape index (κ1) is 24.1. The molecule has 0 aliphatic carbocycles. The van der Waals surface area contributed by atoms with Crippen molar-refractivity contribution in [3.8, 4) is 23.0 Å². The van der Waals surface area contributed by atoms with Gasteiger partial charge >= 0.3 is 0 Å². The number of carbonyl (C=O) groups is 1. The number of nitrogens with zero attached hydrogens (tertiary/aromatic N) is 3. The third-order valence-electron chi connectivity index (χ3n) is 5.16. The number of ether oxygens (including phenoxy) is 4. The van der Waals surface area contributed by atoms with Crippen LogP contribution >= 0.6 is 11.8 Å². The Hall–Kier alpha value is -4.05. The smallest absolute Gasteiger partial charge is 0.283 e. The second-order valence-electron chi connectivity index (χ2n) is 7.39. The average Bonchev–Trinajstić information content (AvgIpc) is 3.27. The Morgan fingerprint density at radius 1 is 1.03 bits per heavy atom. The zero-order valence-electron chi connectivity index (χ0n) is 19.5. The van der Waals surface area contributed by atoms with E-state index in [0.29, 0.717) is 51.8 Å². The number of rotatable bonds is 9. The standard InChI is InChI=1S/C25H24N4O5S/c1-5-10-34-19-9-7-15(12-21(19)33-4)11-17-23(26)29-25(27-24(17)30)35-22(28-29)14-16-6-8-18(31-2)20(13-16)32-3/h5-9,11-13,26H,1,10,14H2,2-4H3/b17-11+,26-23?. The van der Waals surface area contributed by atoms with Crippen molar-refractivity contribution in [1.29, 1.82) is 5.41 Å². The van der Waals surface area contributed by atoms with Crippen molar-refractivity contribution in [3.05, 3.63) is 65.8 Å². The first-order valence-corrected chi connectivity index (χ1v) is 11.4. The molecule has 9 nitrogen and oxygen atoms in total. The van der Waals surface area contributed by atoms with Crippen LogP contribution in [0.1, 0.15) is 11.1 Å². The van der Waals surface area contributed by atoms with Crippen molar-refractivity contribution in [1.82, 2.24) is 5.01 Å². The summed E-state index contributed by atoms with van der Waals surface area (Å²) in [6.07, 6.45) is 3.72. The fraction of sp³-hybridized carbons (Fsp3) is 0.200. The van der Waals surface area contributed by atoms with Crippen molar-refractivity contribution in [3.63, 3.8) is 0 Å². The van der Waals surface area contributed by atoms with Crippen LogP contribution in [0.5, 0.6) is 23.0 Å². The maximum atomic E-state index is 12.7. The molecule has 35 heavy (non-hydrogen) atoms. The second-order valence-corrected chi connectivity index (χ2v) is 8.43. The maximum Gasteiger partial charge on any atom is 0.283 e. The van der Waals surface area contributed by atoms with E-state index in [9.17, 15) is 4.79 Å². The minimum atomic E-state index is -0.498. The lowest BCUT2D eigenvalue weighted by Gasteiger charge is -2.20. The number of aliphatic imine (C=N–C) groups is 1. The lowest BCUT2D eigenvalue weighted by atomic mass is 10.1. The number of methoxy groups -OCH3 is 3. The van der Waals surface area contributed by atoms with Gasteiger partial charge in [-0.15, -0.1) is 0 Å². The first-order valence-electron chi connectivity index (χ1n) is 10.6. The average molecular weight is 493 g/mol. The molecule has 0 aromatic heterocycles. The monoisotopic (exact) mass is 492 g/mol. The van der Waals surface area contributed by atoms with E-state index in [4.69, 9.17) is 24.4 Å². The van der Waals surface area contributed by atoms with Crippen molar-refractivity contribution < 1.29 is 23.7 Å². The molecule has 2 aliphatic rings. The molecule has 0 unspecified atom stereocenters. The Morgan fingerprint density at radius 3 is 2.46 bits per heavy atom. The molecule has 2 aromatic carbocycles. The number of amides is 1. The lowest BCUT2D eigenvalue weighted by Crippen LogP contribution is -2.35. The summed E-state index contributed by atoms with van der Waals surface area (Å²) in [5.74, 6) is 1.78. The molecule has 2 aliphatic heterocycles. The summed E-state index contributed by atoms with van der Waals surface area (Å²) >= 11 is 1.26. The number of benzene rings is 2. The summed E-state index contributed by atoms with van der Waals surface area (Å²) in [7, 11) is 4.70. The number of carbonyl (C=O) groups excluding carboxylic acids is 1. The van der Waals surface area contributed by atoms with E-state index < -0.39 is 5.91 Å².